The molecule has 1 fully saturated rings. The highest BCUT2D eigenvalue weighted by molar-refractivity contribution is 4.89. The van der Waals surface area contributed by atoms with Crippen LogP contribution < -0.4 is 0 Å². The first kappa shape index (κ1) is 21.8. The van der Waals surface area contributed by atoms with Gasteiger partial charge in [0.25, 0.3) is 0 Å². The fraction of sp³-hybridized carbons (Fsp3) is 1.00. The summed E-state index contributed by atoms with van der Waals surface area (Å²) in [6.45, 7) is 3.69. The maximum absolute atomic E-state index is 9.94. The van der Waals surface area contributed by atoms with Gasteiger partial charge in [-0.3, -0.25) is 0 Å². The van der Waals surface area contributed by atoms with E-state index in [9.17, 15) is 15.3 Å². The molecule has 2 unspecified atom stereocenters. The topological polar surface area (TPSA) is 99.4 Å². The van der Waals surface area contributed by atoms with Gasteiger partial charge in [-0.15, -0.1) is 0 Å². The molecule has 1 aliphatic heterocycles. The van der Waals surface area contributed by atoms with E-state index >= 15 is 0 Å². The smallest absolute Gasteiger partial charge is 0.186 e. The summed E-state index contributed by atoms with van der Waals surface area (Å²) in [6, 6.07) is 0. The predicted octanol–water partition coefficient (Wildman–Crippen LogP) is 1.72. The lowest BCUT2D eigenvalue weighted by Crippen LogP contribution is -2.59. The van der Waals surface area contributed by atoms with Crippen LogP contribution in [0.1, 0.15) is 71.6 Å². The van der Waals surface area contributed by atoms with Gasteiger partial charge in [0, 0.05) is 0 Å². The monoisotopic (exact) mass is 348 g/mol. The molecule has 0 aliphatic carbocycles. The van der Waals surface area contributed by atoms with E-state index in [0.717, 1.165) is 19.3 Å². The second-order valence-electron chi connectivity index (χ2n) is 6.91. The number of hydrogen-bond donors (Lipinski definition) is 4. The molecule has 0 aromatic heterocycles. The van der Waals surface area contributed by atoms with Gasteiger partial charge in [0.2, 0.25) is 0 Å². The molecular formula is C18H36O6. The molecule has 0 saturated carbocycles. The minimum Gasteiger partial charge on any atom is -0.394 e. The van der Waals surface area contributed by atoms with Crippen molar-refractivity contribution in [3.05, 3.63) is 0 Å². The largest absolute Gasteiger partial charge is 0.394 e. The molecule has 0 aromatic rings. The lowest BCUT2D eigenvalue weighted by Gasteiger charge is -2.40. The molecule has 0 radical (unpaired) electrons. The van der Waals surface area contributed by atoms with Crippen LogP contribution in [0.4, 0.5) is 0 Å². The Labute approximate surface area is 145 Å². The van der Waals surface area contributed by atoms with Gasteiger partial charge in [0.15, 0.2) is 6.29 Å². The zero-order valence-electron chi connectivity index (χ0n) is 15.1. The molecule has 4 N–H and O–H groups in total. The molecule has 1 heterocycles. The maximum Gasteiger partial charge on any atom is 0.186 e. The summed E-state index contributed by atoms with van der Waals surface area (Å²) in [5, 5.41) is 38.6. The molecule has 6 atom stereocenters. The molecule has 24 heavy (non-hydrogen) atoms. The summed E-state index contributed by atoms with van der Waals surface area (Å²) in [5.74, 6) is 0. The van der Waals surface area contributed by atoms with Crippen molar-refractivity contribution in [2.75, 3.05) is 6.61 Å². The van der Waals surface area contributed by atoms with Gasteiger partial charge >= 0.3 is 0 Å². The Hall–Kier alpha value is -0.240. The van der Waals surface area contributed by atoms with E-state index in [0.29, 0.717) is 0 Å². The van der Waals surface area contributed by atoms with Gasteiger partial charge in [0.05, 0.1) is 12.7 Å². The molecule has 0 bridgehead atoms. The third-order valence-electron chi connectivity index (χ3n) is 4.68. The molecule has 0 spiro atoms. The average Bonchev–Trinajstić information content (AvgIpc) is 2.57. The minimum atomic E-state index is -1.38. The van der Waals surface area contributed by atoms with E-state index in [1.807, 2.05) is 6.92 Å². The predicted molar refractivity (Wildman–Crippen MR) is 91.5 cm³/mol. The van der Waals surface area contributed by atoms with Crippen molar-refractivity contribution in [3.8, 4) is 0 Å². The van der Waals surface area contributed by atoms with Gasteiger partial charge in [0.1, 0.15) is 24.4 Å². The Morgan fingerprint density at radius 2 is 1.46 bits per heavy atom. The van der Waals surface area contributed by atoms with Crippen molar-refractivity contribution in [1.82, 2.24) is 0 Å². The average molecular weight is 348 g/mol. The van der Waals surface area contributed by atoms with Crippen molar-refractivity contribution in [3.63, 3.8) is 0 Å². The van der Waals surface area contributed by atoms with Crippen LogP contribution in [0.25, 0.3) is 0 Å². The Morgan fingerprint density at radius 1 is 0.875 bits per heavy atom. The number of ether oxygens (including phenoxy) is 2. The van der Waals surface area contributed by atoms with Crippen LogP contribution in [-0.4, -0.2) is 63.8 Å². The standard InChI is InChI=1S/C18H36O6/c1-3-4-5-6-7-8-9-10-11-13(2)23-18-17(22)16(21)15(20)14(12-19)24-18/h13-22H,3-12H2,1-2H3/t13?,14-,15+,16+,17-,18?/m1/s1. The summed E-state index contributed by atoms with van der Waals surface area (Å²) in [6.07, 6.45) is 4.71. The first-order valence-electron chi connectivity index (χ1n) is 9.47. The quantitative estimate of drug-likeness (QED) is 0.401. The molecule has 0 aromatic carbocycles. The lowest BCUT2D eigenvalue weighted by atomic mass is 9.99. The summed E-state index contributed by atoms with van der Waals surface area (Å²) < 4.78 is 11.0. The summed E-state index contributed by atoms with van der Waals surface area (Å²) in [4.78, 5) is 0. The van der Waals surface area contributed by atoms with Crippen LogP contribution in [0.3, 0.4) is 0 Å². The number of aliphatic hydroxyl groups excluding tert-OH is 4. The van der Waals surface area contributed by atoms with Crippen LogP contribution >= 0.6 is 0 Å². The number of hydrogen-bond acceptors (Lipinski definition) is 6. The summed E-state index contributed by atoms with van der Waals surface area (Å²) in [7, 11) is 0. The summed E-state index contributed by atoms with van der Waals surface area (Å²) >= 11 is 0. The molecule has 144 valence electrons. The minimum absolute atomic E-state index is 0.119. The number of rotatable bonds is 12. The van der Waals surface area contributed by atoms with Gasteiger partial charge < -0.3 is 29.9 Å². The Kier molecular flexibility index (Phi) is 11.1. The second kappa shape index (κ2) is 12.2. The van der Waals surface area contributed by atoms with Crippen LogP contribution in [0.15, 0.2) is 0 Å². The van der Waals surface area contributed by atoms with Crippen LogP contribution in [-0.2, 0) is 9.47 Å². The van der Waals surface area contributed by atoms with Crippen LogP contribution in [0.5, 0.6) is 0 Å². The van der Waals surface area contributed by atoms with Crippen molar-refractivity contribution in [2.24, 2.45) is 0 Å². The van der Waals surface area contributed by atoms with Gasteiger partial charge in [-0.25, -0.2) is 0 Å². The van der Waals surface area contributed by atoms with Crippen LogP contribution in [0, 0.1) is 0 Å². The third-order valence-corrected chi connectivity index (χ3v) is 4.68. The molecule has 1 saturated heterocycles. The highest BCUT2D eigenvalue weighted by Gasteiger charge is 2.44. The van der Waals surface area contributed by atoms with Gasteiger partial charge in [-0.1, -0.05) is 58.3 Å². The Bertz CT molecular complexity index is 312. The highest BCUT2D eigenvalue weighted by atomic mass is 16.7. The Morgan fingerprint density at radius 3 is 2.04 bits per heavy atom. The van der Waals surface area contributed by atoms with Gasteiger partial charge in [-0.2, -0.15) is 0 Å². The van der Waals surface area contributed by atoms with Crippen molar-refractivity contribution in [1.29, 1.82) is 0 Å². The number of aliphatic hydroxyl groups is 4. The molecule has 1 rings (SSSR count). The SMILES string of the molecule is CCCCCCCCCCC(C)OC1O[C@H](CO)[C@H](O)[C@H](O)[C@H]1O. The third kappa shape index (κ3) is 7.33. The van der Waals surface area contributed by atoms with E-state index in [-0.39, 0.29) is 6.10 Å². The second-order valence-corrected chi connectivity index (χ2v) is 6.91. The fourth-order valence-corrected chi connectivity index (χ4v) is 3.04. The Balaban J connectivity index is 2.18. The summed E-state index contributed by atoms with van der Waals surface area (Å²) in [5.41, 5.74) is 0. The molecule has 1 aliphatic rings. The normalized spacial score (nSPS) is 32.0. The zero-order valence-corrected chi connectivity index (χ0v) is 15.1. The first-order valence-corrected chi connectivity index (χ1v) is 9.47. The number of unbranched alkanes of at least 4 members (excludes halogenated alkanes) is 7. The van der Waals surface area contributed by atoms with E-state index in [1.54, 1.807) is 0 Å². The molecular weight excluding hydrogens is 312 g/mol. The van der Waals surface area contributed by atoms with Gasteiger partial charge in [-0.05, 0) is 13.3 Å². The first-order chi connectivity index (χ1) is 11.5. The van der Waals surface area contributed by atoms with E-state index in [4.69, 9.17) is 14.6 Å². The van der Waals surface area contributed by atoms with Crippen molar-refractivity contribution < 1.29 is 29.9 Å². The van der Waals surface area contributed by atoms with Crippen LogP contribution in [0.2, 0.25) is 0 Å². The lowest BCUT2D eigenvalue weighted by molar-refractivity contribution is -0.310. The molecule has 6 heteroatoms. The highest BCUT2D eigenvalue weighted by Crippen LogP contribution is 2.24. The van der Waals surface area contributed by atoms with Crippen molar-refractivity contribution in [2.45, 2.75) is 108 Å². The fourth-order valence-electron chi connectivity index (χ4n) is 3.04. The molecule has 0 amide bonds. The molecule has 6 nitrogen and oxygen atoms in total. The van der Waals surface area contributed by atoms with E-state index in [1.165, 1.54) is 38.5 Å². The zero-order chi connectivity index (χ0) is 17.9. The van der Waals surface area contributed by atoms with Crippen molar-refractivity contribution >= 4 is 0 Å². The van der Waals surface area contributed by atoms with E-state index in [2.05, 4.69) is 6.92 Å². The maximum atomic E-state index is 9.94. The van der Waals surface area contributed by atoms with E-state index < -0.39 is 37.3 Å².